The Bertz CT molecular complexity index is 366. The molecule has 0 aromatic rings. The van der Waals surface area contributed by atoms with Crippen LogP contribution >= 0.6 is 0 Å². The van der Waals surface area contributed by atoms with E-state index >= 15 is 0 Å². The Hall–Kier alpha value is -1.96. The van der Waals surface area contributed by atoms with Gasteiger partial charge in [0.15, 0.2) is 6.04 Å². The van der Waals surface area contributed by atoms with Gasteiger partial charge in [-0.1, -0.05) is 0 Å². The third kappa shape index (κ3) is 3.52. The van der Waals surface area contributed by atoms with Crippen LogP contribution in [0.4, 0.5) is 0 Å². The minimum atomic E-state index is -1.13. The zero-order valence-electron chi connectivity index (χ0n) is 9.23. The number of nitrogens with one attached hydrogen (secondary N) is 2. The van der Waals surface area contributed by atoms with E-state index in [4.69, 9.17) is 5.11 Å². The summed E-state index contributed by atoms with van der Waals surface area (Å²) in [6.45, 7) is -0.571. The highest BCUT2D eigenvalue weighted by Crippen LogP contribution is 2.00. The lowest BCUT2D eigenvalue weighted by Crippen LogP contribution is -2.47. The second-order valence-corrected chi connectivity index (χ2v) is 3.33. The minimum absolute atomic E-state index is 0.104. The van der Waals surface area contributed by atoms with Gasteiger partial charge in [-0.05, 0) is 0 Å². The maximum absolute atomic E-state index is 11.6. The van der Waals surface area contributed by atoms with Gasteiger partial charge in [0.2, 0.25) is 5.91 Å². The van der Waals surface area contributed by atoms with Crippen LogP contribution in [0.3, 0.4) is 0 Å². The maximum atomic E-state index is 11.6. The predicted molar refractivity (Wildman–Crippen MR) is 55.8 cm³/mol. The second kappa shape index (κ2) is 5.94. The monoisotopic (exact) mass is 243 g/mol. The van der Waals surface area contributed by atoms with Gasteiger partial charge in [-0.25, -0.2) is 10.2 Å². The molecule has 1 unspecified atom stereocenters. The van der Waals surface area contributed by atoms with E-state index in [-0.39, 0.29) is 24.5 Å². The van der Waals surface area contributed by atoms with Crippen LogP contribution in [0.5, 0.6) is 0 Å². The van der Waals surface area contributed by atoms with E-state index in [1.54, 1.807) is 0 Å². The van der Waals surface area contributed by atoms with Crippen LogP contribution in [0.25, 0.3) is 0 Å². The van der Waals surface area contributed by atoms with E-state index in [9.17, 15) is 14.4 Å². The lowest BCUT2D eigenvalue weighted by atomic mass is 10.1. The minimum Gasteiger partial charge on any atom is -0.467 e. The Morgan fingerprint density at radius 1 is 1.59 bits per heavy atom. The van der Waals surface area contributed by atoms with Crippen molar-refractivity contribution in [2.45, 2.75) is 18.9 Å². The molecule has 0 aliphatic carbocycles. The number of carbonyl (C=O) groups is 3. The summed E-state index contributed by atoms with van der Waals surface area (Å²) in [6.07, 6.45) is 0.352. The normalized spacial score (nSPS) is 16.6. The number of carbonyl (C=O) groups excluding carboxylic acids is 3. The Labute approximate surface area is 97.0 Å². The number of ether oxygens (including phenoxy) is 1. The first-order valence-corrected chi connectivity index (χ1v) is 4.93. The number of rotatable bonds is 4. The maximum Gasteiger partial charge on any atom is 0.330 e. The van der Waals surface area contributed by atoms with Crippen LogP contribution in [0, 0.1) is 0 Å². The lowest BCUT2D eigenvalue weighted by Gasteiger charge is -2.16. The Balaban J connectivity index is 2.59. The van der Waals surface area contributed by atoms with Gasteiger partial charge in [-0.15, -0.1) is 0 Å². The smallest absolute Gasteiger partial charge is 0.330 e. The van der Waals surface area contributed by atoms with Crippen molar-refractivity contribution in [2.75, 3.05) is 13.7 Å². The quantitative estimate of drug-likeness (QED) is 0.489. The van der Waals surface area contributed by atoms with E-state index in [0.29, 0.717) is 0 Å². The van der Waals surface area contributed by atoms with Crippen LogP contribution < -0.4 is 10.7 Å². The average Bonchev–Trinajstić information content (AvgIpc) is 2.35. The van der Waals surface area contributed by atoms with Gasteiger partial charge < -0.3 is 15.2 Å². The number of hydrogen-bond acceptors (Lipinski definition) is 6. The number of methoxy groups -OCH3 is 1. The SMILES string of the molecule is COC(=O)C(CO)NC(=O)C1=NNC(=O)CC1. The Kier molecular flexibility index (Phi) is 4.58. The summed E-state index contributed by atoms with van der Waals surface area (Å²) >= 11 is 0. The van der Waals surface area contributed by atoms with Gasteiger partial charge in [0.25, 0.3) is 5.91 Å². The third-order valence-electron chi connectivity index (χ3n) is 2.14. The van der Waals surface area contributed by atoms with Gasteiger partial charge in [0.05, 0.1) is 13.7 Å². The summed E-state index contributed by atoms with van der Waals surface area (Å²) < 4.78 is 4.39. The summed E-state index contributed by atoms with van der Waals surface area (Å²) in [4.78, 5) is 33.5. The van der Waals surface area contributed by atoms with Crippen molar-refractivity contribution >= 4 is 23.5 Å². The van der Waals surface area contributed by atoms with Crippen molar-refractivity contribution < 1.29 is 24.2 Å². The Morgan fingerprint density at radius 2 is 2.29 bits per heavy atom. The van der Waals surface area contributed by atoms with Crippen LogP contribution in [0.2, 0.25) is 0 Å². The number of esters is 1. The molecule has 0 aromatic carbocycles. The number of amides is 2. The molecule has 94 valence electrons. The fourth-order valence-corrected chi connectivity index (χ4v) is 1.20. The molecule has 8 nitrogen and oxygen atoms in total. The molecular weight excluding hydrogens is 230 g/mol. The first-order valence-electron chi connectivity index (χ1n) is 4.93. The fourth-order valence-electron chi connectivity index (χ4n) is 1.20. The molecule has 2 amide bonds. The molecule has 0 fully saturated rings. The molecule has 1 aliphatic rings. The largest absolute Gasteiger partial charge is 0.467 e. The molecule has 0 radical (unpaired) electrons. The van der Waals surface area contributed by atoms with E-state index in [2.05, 4.69) is 20.6 Å². The molecular formula is C9H13N3O5. The first-order chi connectivity index (χ1) is 8.08. The average molecular weight is 243 g/mol. The topological polar surface area (TPSA) is 117 Å². The Morgan fingerprint density at radius 3 is 2.76 bits per heavy atom. The van der Waals surface area contributed by atoms with Crippen molar-refractivity contribution in [2.24, 2.45) is 5.10 Å². The van der Waals surface area contributed by atoms with Gasteiger partial charge >= 0.3 is 5.97 Å². The summed E-state index contributed by atoms with van der Waals surface area (Å²) in [7, 11) is 1.15. The van der Waals surface area contributed by atoms with Gasteiger partial charge in [0, 0.05) is 12.8 Å². The molecule has 0 saturated carbocycles. The summed E-state index contributed by atoms with van der Waals surface area (Å²) in [5.74, 6) is -1.64. The zero-order chi connectivity index (χ0) is 12.8. The van der Waals surface area contributed by atoms with Gasteiger partial charge in [0.1, 0.15) is 5.71 Å². The number of hydrogen-bond donors (Lipinski definition) is 3. The van der Waals surface area contributed by atoms with Crippen molar-refractivity contribution in [3.05, 3.63) is 0 Å². The van der Waals surface area contributed by atoms with E-state index in [1.807, 2.05) is 0 Å². The van der Waals surface area contributed by atoms with Crippen molar-refractivity contribution in [3.8, 4) is 0 Å². The zero-order valence-corrected chi connectivity index (χ0v) is 9.23. The molecule has 1 aliphatic heterocycles. The second-order valence-electron chi connectivity index (χ2n) is 3.33. The van der Waals surface area contributed by atoms with E-state index in [0.717, 1.165) is 7.11 Å². The molecule has 8 heteroatoms. The highest BCUT2D eigenvalue weighted by Gasteiger charge is 2.24. The van der Waals surface area contributed by atoms with Crippen LogP contribution in [0.1, 0.15) is 12.8 Å². The number of aliphatic hydroxyl groups is 1. The fraction of sp³-hybridized carbons (Fsp3) is 0.556. The molecule has 17 heavy (non-hydrogen) atoms. The van der Waals surface area contributed by atoms with Crippen LogP contribution in [0.15, 0.2) is 5.10 Å². The third-order valence-corrected chi connectivity index (χ3v) is 2.14. The highest BCUT2D eigenvalue weighted by atomic mass is 16.5. The van der Waals surface area contributed by atoms with Crippen LogP contribution in [-0.2, 0) is 19.1 Å². The van der Waals surface area contributed by atoms with Crippen molar-refractivity contribution in [3.63, 3.8) is 0 Å². The molecule has 0 spiro atoms. The summed E-state index contributed by atoms with van der Waals surface area (Å²) in [5, 5.41) is 14.7. The van der Waals surface area contributed by atoms with Crippen molar-refractivity contribution in [1.29, 1.82) is 0 Å². The summed E-state index contributed by atoms with van der Waals surface area (Å²) in [5.41, 5.74) is 2.26. The van der Waals surface area contributed by atoms with Crippen LogP contribution in [-0.4, -0.2) is 48.4 Å². The molecule has 1 heterocycles. The van der Waals surface area contributed by atoms with E-state index in [1.165, 1.54) is 0 Å². The first kappa shape index (κ1) is 13.1. The van der Waals surface area contributed by atoms with E-state index < -0.39 is 24.5 Å². The highest BCUT2D eigenvalue weighted by molar-refractivity contribution is 6.39. The summed E-state index contributed by atoms with van der Waals surface area (Å²) in [6, 6.07) is -1.13. The standard InChI is InChI=1S/C9H13N3O5/c1-17-9(16)6(4-13)10-8(15)5-2-3-7(14)12-11-5/h6,13H,2-4H2,1H3,(H,10,15)(H,12,14). The number of hydrazone groups is 1. The molecule has 1 atom stereocenters. The van der Waals surface area contributed by atoms with Gasteiger partial charge in [-0.3, -0.25) is 9.59 Å². The van der Waals surface area contributed by atoms with Gasteiger partial charge in [-0.2, -0.15) is 5.10 Å². The molecule has 1 rings (SSSR count). The molecule has 0 aromatic heterocycles. The van der Waals surface area contributed by atoms with Crippen molar-refractivity contribution in [1.82, 2.24) is 10.7 Å². The molecule has 0 saturated heterocycles. The molecule has 3 N–H and O–H groups in total. The number of aliphatic hydroxyl groups excluding tert-OH is 1. The molecule has 0 bridgehead atoms. The lowest BCUT2D eigenvalue weighted by molar-refractivity contribution is -0.145. The predicted octanol–water partition coefficient (Wildman–Crippen LogP) is -2.10. The number of nitrogens with zero attached hydrogens (tertiary/aromatic N) is 1.